The Bertz CT molecular complexity index is 443. The third kappa shape index (κ3) is 4.83. The molecule has 0 heterocycles. The first kappa shape index (κ1) is 16.5. The van der Waals surface area contributed by atoms with Gasteiger partial charge in [0.2, 0.25) is 0 Å². The number of hydrogen-bond donors (Lipinski definition) is 2. The molecule has 112 valence electrons. The highest BCUT2D eigenvalue weighted by molar-refractivity contribution is 5.96. The van der Waals surface area contributed by atoms with Crippen molar-refractivity contribution in [3.63, 3.8) is 0 Å². The fourth-order valence-electron chi connectivity index (χ4n) is 1.92. The number of aliphatic hydroxyl groups excluding tert-OH is 1. The second kappa shape index (κ2) is 7.87. The highest BCUT2D eigenvalue weighted by Gasteiger charge is 2.11. The van der Waals surface area contributed by atoms with E-state index in [0.717, 1.165) is 13.1 Å². The maximum absolute atomic E-state index is 11.2. The van der Waals surface area contributed by atoms with Crippen molar-refractivity contribution in [2.45, 2.75) is 26.9 Å². The third-order valence-corrected chi connectivity index (χ3v) is 3.15. The van der Waals surface area contributed by atoms with E-state index in [1.165, 1.54) is 19.1 Å². The second-order valence-electron chi connectivity index (χ2n) is 4.69. The molecule has 0 aliphatic carbocycles. The molecule has 1 rings (SSSR count). The molecule has 2 N–H and O–H groups in total. The smallest absolute Gasteiger partial charge is 0.163 e. The third-order valence-electron chi connectivity index (χ3n) is 3.15. The zero-order valence-electron chi connectivity index (χ0n) is 12.3. The zero-order chi connectivity index (χ0) is 15.1. The van der Waals surface area contributed by atoms with Gasteiger partial charge < -0.3 is 19.8 Å². The number of benzene rings is 1. The molecule has 0 spiro atoms. The number of aliphatic hydroxyl groups is 1. The summed E-state index contributed by atoms with van der Waals surface area (Å²) in [5.41, 5.74) is 0.265. The fourth-order valence-corrected chi connectivity index (χ4v) is 1.92. The summed E-state index contributed by atoms with van der Waals surface area (Å²) in [6.07, 6.45) is -0.593. The van der Waals surface area contributed by atoms with Gasteiger partial charge in [-0.05, 0) is 32.1 Å². The predicted octanol–water partition coefficient (Wildman–Crippen LogP) is 1.68. The van der Waals surface area contributed by atoms with Crippen LogP contribution in [0.1, 0.15) is 31.1 Å². The lowest BCUT2D eigenvalue weighted by molar-refractivity contribution is 0.0715. The summed E-state index contributed by atoms with van der Waals surface area (Å²) in [7, 11) is 0. The number of likely N-dealkylation sites (N-methyl/N-ethyl adjacent to an activating group) is 1. The van der Waals surface area contributed by atoms with Crippen LogP contribution in [0.5, 0.6) is 11.5 Å². The number of aromatic hydroxyl groups is 1. The normalized spacial score (nSPS) is 12.4. The van der Waals surface area contributed by atoms with E-state index >= 15 is 0 Å². The first-order valence-corrected chi connectivity index (χ1v) is 6.85. The van der Waals surface area contributed by atoms with Gasteiger partial charge >= 0.3 is 0 Å². The van der Waals surface area contributed by atoms with Crippen molar-refractivity contribution in [1.82, 2.24) is 4.90 Å². The van der Waals surface area contributed by atoms with Gasteiger partial charge in [-0.1, -0.05) is 13.8 Å². The van der Waals surface area contributed by atoms with Crippen LogP contribution in [0, 0.1) is 0 Å². The molecular formula is C15H23NO4. The molecule has 0 saturated heterocycles. The van der Waals surface area contributed by atoms with Crippen LogP contribution in [0.4, 0.5) is 0 Å². The Labute approximate surface area is 119 Å². The largest absolute Gasteiger partial charge is 0.507 e. The Hall–Kier alpha value is -1.59. The molecule has 1 aromatic carbocycles. The number of phenols is 1. The summed E-state index contributed by atoms with van der Waals surface area (Å²) in [6.45, 7) is 7.91. The molecule has 5 nitrogen and oxygen atoms in total. The minimum atomic E-state index is -0.593. The summed E-state index contributed by atoms with van der Waals surface area (Å²) in [6, 6.07) is 4.52. The summed E-state index contributed by atoms with van der Waals surface area (Å²) in [5.74, 6) is 0.134. The van der Waals surface area contributed by atoms with Gasteiger partial charge in [0.25, 0.3) is 0 Å². The lowest BCUT2D eigenvalue weighted by Gasteiger charge is -2.22. The van der Waals surface area contributed by atoms with E-state index in [0.29, 0.717) is 12.3 Å². The highest BCUT2D eigenvalue weighted by Crippen LogP contribution is 2.24. The molecule has 0 amide bonds. The van der Waals surface area contributed by atoms with E-state index in [1.807, 2.05) is 13.8 Å². The number of carbonyl (C=O) groups excluding carboxylic acids is 1. The molecular weight excluding hydrogens is 258 g/mol. The number of ketones is 1. The number of hydrogen-bond acceptors (Lipinski definition) is 5. The van der Waals surface area contributed by atoms with Gasteiger partial charge in [-0.3, -0.25) is 4.79 Å². The number of nitrogens with zero attached hydrogens (tertiary/aromatic N) is 1. The van der Waals surface area contributed by atoms with Gasteiger partial charge in [0.1, 0.15) is 24.2 Å². The number of phenolic OH excluding ortho intramolecular Hbond substituents is 1. The van der Waals surface area contributed by atoms with Gasteiger partial charge in [0, 0.05) is 12.6 Å². The van der Waals surface area contributed by atoms with Crippen molar-refractivity contribution in [3.8, 4) is 11.5 Å². The molecule has 5 heteroatoms. The summed E-state index contributed by atoms with van der Waals surface area (Å²) >= 11 is 0. The Kier molecular flexibility index (Phi) is 6.48. The van der Waals surface area contributed by atoms with E-state index < -0.39 is 6.10 Å². The average Bonchev–Trinajstić information content (AvgIpc) is 2.42. The lowest BCUT2D eigenvalue weighted by atomic mass is 10.1. The summed E-state index contributed by atoms with van der Waals surface area (Å²) in [4.78, 5) is 13.3. The van der Waals surface area contributed by atoms with Crippen LogP contribution in [-0.2, 0) is 0 Å². The number of ether oxygens (including phenoxy) is 1. The fraction of sp³-hybridized carbons (Fsp3) is 0.533. The van der Waals surface area contributed by atoms with Crippen molar-refractivity contribution in [2.24, 2.45) is 0 Å². The number of rotatable bonds is 8. The number of carbonyl (C=O) groups is 1. The quantitative estimate of drug-likeness (QED) is 0.709. The first-order valence-electron chi connectivity index (χ1n) is 6.85. The molecule has 20 heavy (non-hydrogen) atoms. The van der Waals surface area contributed by atoms with Gasteiger partial charge in [-0.15, -0.1) is 0 Å². The monoisotopic (exact) mass is 281 g/mol. The van der Waals surface area contributed by atoms with Crippen LogP contribution < -0.4 is 4.74 Å². The minimum absolute atomic E-state index is 0.103. The summed E-state index contributed by atoms with van der Waals surface area (Å²) < 4.78 is 5.43. The molecule has 0 aliphatic heterocycles. The molecule has 0 bridgehead atoms. The second-order valence-corrected chi connectivity index (χ2v) is 4.69. The van der Waals surface area contributed by atoms with Crippen LogP contribution in [0.15, 0.2) is 18.2 Å². The van der Waals surface area contributed by atoms with Crippen LogP contribution in [0.3, 0.4) is 0 Å². The van der Waals surface area contributed by atoms with Gasteiger partial charge in [-0.2, -0.15) is 0 Å². The Balaban J connectivity index is 2.53. The van der Waals surface area contributed by atoms with Crippen molar-refractivity contribution in [2.75, 3.05) is 26.2 Å². The molecule has 0 fully saturated rings. The van der Waals surface area contributed by atoms with Crippen molar-refractivity contribution in [1.29, 1.82) is 0 Å². The predicted molar refractivity (Wildman–Crippen MR) is 77.4 cm³/mol. The molecule has 0 saturated carbocycles. The van der Waals surface area contributed by atoms with E-state index in [-0.39, 0.29) is 23.7 Å². The van der Waals surface area contributed by atoms with Crippen LogP contribution in [0.2, 0.25) is 0 Å². The lowest BCUT2D eigenvalue weighted by Crippen LogP contribution is -2.35. The molecule has 0 unspecified atom stereocenters. The molecule has 0 radical (unpaired) electrons. The van der Waals surface area contributed by atoms with E-state index in [1.54, 1.807) is 6.07 Å². The average molecular weight is 281 g/mol. The maximum atomic E-state index is 11.2. The van der Waals surface area contributed by atoms with Gasteiger partial charge in [-0.25, -0.2) is 0 Å². The Morgan fingerprint density at radius 1 is 1.35 bits per heavy atom. The van der Waals surface area contributed by atoms with Crippen molar-refractivity contribution >= 4 is 5.78 Å². The molecule has 1 aromatic rings. The molecule has 1 atom stereocenters. The Morgan fingerprint density at radius 2 is 2.00 bits per heavy atom. The minimum Gasteiger partial charge on any atom is -0.507 e. The SMILES string of the molecule is CCN(CC)C[C@@H](O)COc1ccc(C(C)=O)c(O)c1. The summed E-state index contributed by atoms with van der Waals surface area (Å²) in [5, 5.41) is 19.5. The van der Waals surface area contributed by atoms with E-state index in [9.17, 15) is 15.0 Å². The Morgan fingerprint density at radius 3 is 2.50 bits per heavy atom. The van der Waals surface area contributed by atoms with Crippen LogP contribution in [0.25, 0.3) is 0 Å². The molecule has 0 aliphatic rings. The first-order chi connectivity index (χ1) is 9.47. The van der Waals surface area contributed by atoms with Crippen molar-refractivity contribution < 1.29 is 19.7 Å². The van der Waals surface area contributed by atoms with Crippen molar-refractivity contribution in [3.05, 3.63) is 23.8 Å². The highest BCUT2D eigenvalue weighted by atomic mass is 16.5. The van der Waals surface area contributed by atoms with Gasteiger partial charge in [0.15, 0.2) is 5.78 Å². The molecule has 0 aromatic heterocycles. The van der Waals surface area contributed by atoms with Gasteiger partial charge in [0.05, 0.1) is 5.56 Å². The maximum Gasteiger partial charge on any atom is 0.163 e. The standard InChI is InChI=1S/C15H23NO4/c1-4-16(5-2)9-12(18)10-20-13-6-7-14(11(3)17)15(19)8-13/h6-8,12,18-19H,4-5,9-10H2,1-3H3/t12-/m1/s1. The topological polar surface area (TPSA) is 70.0 Å². The zero-order valence-corrected chi connectivity index (χ0v) is 12.3. The van der Waals surface area contributed by atoms with Crippen LogP contribution >= 0.6 is 0 Å². The van der Waals surface area contributed by atoms with E-state index in [4.69, 9.17) is 4.74 Å². The van der Waals surface area contributed by atoms with E-state index in [2.05, 4.69) is 4.90 Å². The number of Topliss-reactive ketones (excluding diaryl/α,β-unsaturated/α-hetero) is 1. The van der Waals surface area contributed by atoms with Crippen LogP contribution in [-0.4, -0.2) is 53.2 Å².